The number of carbonyl (C=O) groups excluding carboxylic acids is 3. The SMILES string of the molecule is CC(C(=O)N1CCSC1c1ccc(Cl)cc1)N1C(=O)c2ccccc2C1=O. The van der Waals surface area contributed by atoms with Crippen LogP contribution < -0.4 is 0 Å². The molecule has 0 N–H and O–H groups in total. The predicted molar refractivity (Wildman–Crippen MR) is 105 cm³/mol. The van der Waals surface area contributed by atoms with E-state index in [1.54, 1.807) is 60.0 Å². The van der Waals surface area contributed by atoms with E-state index in [4.69, 9.17) is 11.6 Å². The van der Waals surface area contributed by atoms with Crippen molar-refractivity contribution < 1.29 is 14.4 Å². The average Bonchev–Trinajstić information content (AvgIpc) is 3.26. The number of benzene rings is 2. The van der Waals surface area contributed by atoms with Gasteiger partial charge in [-0.3, -0.25) is 19.3 Å². The first-order chi connectivity index (χ1) is 13.0. The summed E-state index contributed by atoms with van der Waals surface area (Å²) in [7, 11) is 0. The lowest BCUT2D eigenvalue weighted by Gasteiger charge is -2.30. The zero-order valence-electron chi connectivity index (χ0n) is 14.6. The molecular weight excluding hydrogens is 384 g/mol. The first-order valence-corrected chi connectivity index (χ1v) is 10.1. The van der Waals surface area contributed by atoms with Gasteiger partial charge in [-0.05, 0) is 36.8 Å². The van der Waals surface area contributed by atoms with E-state index in [0.29, 0.717) is 22.7 Å². The van der Waals surface area contributed by atoms with Crippen molar-refractivity contribution in [2.75, 3.05) is 12.3 Å². The Hall–Kier alpha value is -2.31. The number of thioether (sulfide) groups is 1. The van der Waals surface area contributed by atoms with Gasteiger partial charge in [-0.1, -0.05) is 35.9 Å². The molecule has 0 aliphatic carbocycles. The van der Waals surface area contributed by atoms with Gasteiger partial charge in [0.25, 0.3) is 11.8 Å². The molecule has 2 aromatic rings. The molecule has 138 valence electrons. The second kappa shape index (κ2) is 7.02. The van der Waals surface area contributed by atoms with E-state index in [1.165, 1.54) is 0 Å². The Morgan fingerprint density at radius 3 is 2.26 bits per heavy atom. The van der Waals surface area contributed by atoms with Crippen LogP contribution in [0.1, 0.15) is 38.6 Å². The number of halogens is 1. The summed E-state index contributed by atoms with van der Waals surface area (Å²) in [5, 5.41) is 0.492. The summed E-state index contributed by atoms with van der Waals surface area (Å²) in [6, 6.07) is 13.2. The topological polar surface area (TPSA) is 57.7 Å². The smallest absolute Gasteiger partial charge is 0.262 e. The molecule has 0 bridgehead atoms. The van der Waals surface area contributed by atoms with Crippen molar-refractivity contribution in [3.63, 3.8) is 0 Å². The molecule has 27 heavy (non-hydrogen) atoms. The zero-order chi connectivity index (χ0) is 19.1. The van der Waals surface area contributed by atoms with E-state index in [-0.39, 0.29) is 11.3 Å². The number of hydrogen-bond donors (Lipinski definition) is 0. The number of amides is 3. The lowest BCUT2D eigenvalue weighted by atomic mass is 10.1. The quantitative estimate of drug-likeness (QED) is 0.739. The summed E-state index contributed by atoms with van der Waals surface area (Å²) in [6.45, 7) is 2.19. The molecule has 3 amide bonds. The average molecular weight is 401 g/mol. The monoisotopic (exact) mass is 400 g/mol. The first kappa shape index (κ1) is 18.1. The second-order valence-corrected chi connectivity index (χ2v) is 8.13. The number of fused-ring (bicyclic) bond motifs is 1. The molecule has 0 saturated carbocycles. The Kier molecular flexibility index (Phi) is 4.70. The Balaban J connectivity index is 1.58. The summed E-state index contributed by atoms with van der Waals surface area (Å²) in [4.78, 5) is 41.3. The Labute approximate surface area is 166 Å². The highest BCUT2D eigenvalue weighted by atomic mass is 35.5. The van der Waals surface area contributed by atoms with Gasteiger partial charge < -0.3 is 4.90 Å². The van der Waals surface area contributed by atoms with Crippen molar-refractivity contribution in [1.82, 2.24) is 9.80 Å². The zero-order valence-corrected chi connectivity index (χ0v) is 16.2. The molecule has 5 nitrogen and oxygen atoms in total. The molecule has 2 atom stereocenters. The van der Waals surface area contributed by atoms with Gasteiger partial charge in [-0.15, -0.1) is 11.8 Å². The van der Waals surface area contributed by atoms with Gasteiger partial charge in [0.05, 0.1) is 11.1 Å². The summed E-state index contributed by atoms with van der Waals surface area (Å²) in [5.74, 6) is -0.249. The summed E-state index contributed by atoms with van der Waals surface area (Å²) in [5.41, 5.74) is 1.68. The van der Waals surface area contributed by atoms with Crippen LogP contribution in [-0.2, 0) is 4.79 Å². The van der Waals surface area contributed by atoms with Crippen molar-refractivity contribution in [3.05, 3.63) is 70.2 Å². The summed E-state index contributed by atoms with van der Waals surface area (Å²) >= 11 is 7.62. The molecule has 1 saturated heterocycles. The minimum absolute atomic E-state index is 0.146. The third-order valence-electron chi connectivity index (χ3n) is 4.90. The van der Waals surface area contributed by atoms with Crippen molar-refractivity contribution in [2.45, 2.75) is 18.3 Å². The lowest BCUT2D eigenvalue weighted by Crippen LogP contribution is -2.49. The first-order valence-electron chi connectivity index (χ1n) is 8.63. The molecule has 2 unspecified atom stereocenters. The number of imide groups is 1. The molecule has 0 aromatic heterocycles. The van der Waals surface area contributed by atoms with Crippen LogP contribution in [0.4, 0.5) is 0 Å². The lowest BCUT2D eigenvalue weighted by molar-refractivity contribution is -0.135. The highest BCUT2D eigenvalue weighted by Crippen LogP contribution is 2.39. The molecule has 7 heteroatoms. The van der Waals surface area contributed by atoms with Crippen molar-refractivity contribution in [3.8, 4) is 0 Å². The molecule has 4 rings (SSSR count). The van der Waals surface area contributed by atoms with Crippen LogP contribution in [-0.4, -0.2) is 45.9 Å². The third kappa shape index (κ3) is 3.03. The number of hydrogen-bond acceptors (Lipinski definition) is 4. The van der Waals surface area contributed by atoms with Crippen molar-refractivity contribution in [1.29, 1.82) is 0 Å². The van der Waals surface area contributed by atoms with E-state index in [0.717, 1.165) is 16.2 Å². The van der Waals surface area contributed by atoms with Gasteiger partial charge in [-0.2, -0.15) is 0 Å². The van der Waals surface area contributed by atoms with Crippen LogP contribution in [0.25, 0.3) is 0 Å². The molecule has 1 fully saturated rings. The maximum absolute atomic E-state index is 13.2. The van der Waals surface area contributed by atoms with E-state index in [2.05, 4.69) is 0 Å². The van der Waals surface area contributed by atoms with E-state index < -0.39 is 17.9 Å². The minimum atomic E-state index is -0.856. The van der Waals surface area contributed by atoms with E-state index >= 15 is 0 Å². The van der Waals surface area contributed by atoms with Crippen LogP contribution in [0.2, 0.25) is 5.02 Å². The van der Waals surface area contributed by atoms with Gasteiger partial charge in [0.2, 0.25) is 5.91 Å². The number of rotatable bonds is 3. The van der Waals surface area contributed by atoms with Gasteiger partial charge >= 0.3 is 0 Å². The standard InChI is InChI=1S/C20H17ClN2O3S/c1-12(23-18(25)15-4-2-3-5-16(15)19(23)26)17(24)22-10-11-27-20(22)13-6-8-14(21)9-7-13/h2-9,12,20H,10-11H2,1H3. The fourth-order valence-corrected chi connectivity index (χ4v) is 4.90. The minimum Gasteiger partial charge on any atom is -0.324 e. The Morgan fingerprint density at radius 1 is 1.07 bits per heavy atom. The predicted octanol–water partition coefficient (Wildman–Crippen LogP) is 3.60. The van der Waals surface area contributed by atoms with Crippen LogP contribution in [0, 0.1) is 0 Å². The normalized spacial score (nSPS) is 20.1. The molecule has 2 aromatic carbocycles. The van der Waals surface area contributed by atoms with E-state index in [1.807, 2.05) is 12.1 Å². The highest BCUT2D eigenvalue weighted by Gasteiger charge is 2.43. The maximum Gasteiger partial charge on any atom is 0.262 e. The van der Waals surface area contributed by atoms with Gasteiger partial charge in [0.1, 0.15) is 11.4 Å². The Morgan fingerprint density at radius 2 is 1.67 bits per heavy atom. The second-order valence-electron chi connectivity index (χ2n) is 6.51. The van der Waals surface area contributed by atoms with Crippen LogP contribution in [0.15, 0.2) is 48.5 Å². The fourth-order valence-electron chi connectivity index (χ4n) is 3.51. The van der Waals surface area contributed by atoms with Crippen LogP contribution in [0.3, 0.4) is 0 Å². The molecule has 2 aliphatic heterocycles. The fraction of sp³-hybridized carbons (Fsp3) is 0.250. The largest absolute Gasteiger partial charge is 0.324 e. The van der Waals surface area contributed by atoms with E-state index in [9.17, 15) is 14.4 Å². The highest BCUT2D eigenvalue weighted by molar-refractivity contribution is 7.99. The van der Waals surface area contributed by atoms with Crippen molar-refractivity contribution >= 4 is 41.1 Å². The van der Waals surface area contributed by atoms with Crippen LogP contribution in [0.5, 0.6) is 0 Å². The van der Waals surface area contributed by atoms with Crippen molar-refractivity contribution in [2.24, 2.45) is 0 Å². The van der Waals surface area contributed by atoms with Gasteiger partial charge in [0.15, 0.2) is 0 Å². The summed E-state index contributed by atoms with van der Waals surface area (Å²) in [6.07, 6.45) is 0. The maximum atomic E-state index is 13.2. The molecule has 0 spiro atoms. The number of nitrogens with zero attached hydrogens (tertiary/aromatic N) is 2. The van der Waals surface area contributed by atoms with Gasteiger partial charge in [0, 0.05) is 17.3 Å². The summed E-state index contributed by atoms with van der Waals surface area (Å²) < 4.78 is 0. The molecule has 2 heterocycles. The third-order valence-corrected chi connectivity index (χ3v) is 6.41. The number of carbonyl (C=O) groups is 3. The molecular formula is C20H17ClN2O3S. The van der Waals surface area contributed by atoms with Gasteiger partial charge in [-0.25, -0.2) is 0 Å². The molecule has 0 radical (unpaired) electrons. The Bertz CT molecular complexity index is 896. The van der Waals surface area contributed by atoms with Crippen LogP contribution >= 0.6 is 23.4 Å². The molecule has 2 aliphatic rings.